The Kier molecular flexibility index (Phi) is 4.19. The number of carbonyl (C=O) groups is 1. The van der Waals surface area contributed by atoms with Crippen molar-refractivity contribution in [3.05, 3.63) is 24.5 Å². The van der Waals surface area contributed by atoms with Gasteiger partial charge in [0.2, 0.25) is 5.91 Å². The van der Waals surface area contributed by atoms with Gasteiger partial charge >= 0.3 is 0 Å². The number of hydrogen-bond donors (Lipinski definition) is 1. The van der Waals surface area contributed by atoms with Crippen LogP contribution in [0.15, 0.2) is 23.2 Å². The summed E-state index contributed by atoms with van der Waals surface area (Å²) in [5.74, 6) is 1.92. The van der Waals surface area contributed by atoms with Gasteiger partial charge in [0, 0.05) is 38.3 Å². The summed E-state index contributed by atoms with van der Waals surface area (Å²) in [6.45, 7) is 5.26. The van der Waals surface area contributed by atoms with Crippen molar-refractivity contribution in [3.8, 4) is 0 Å². The minimum Gasteiger partial charge on any atom is -0.360 e. The van der Waals surface area contributed by atoms with E-state index in [4.69, 9.17) is 4.52 Å². The average Bonchev–Trinajstić information content (AvgIpc) is 3.31. The number of imidazole rings is 1. The van der Waals surface area contributed by atoms with E-state index in [1.165, 1.54) is 12.8 Å². The molecular weight excluding hydrogens is 360 g/mol. The smallest absolute Gasteiger partial charge is 0.239 e. The first-order chi connectivity index (χ1) is 13.7. The molecule has 0 atom stereocenters. The van der Waals surface area contributed by atoms with Crippen LogP contribution in [0.5, 0.6) is 0 Å². The first kappa shape index (κ1) is 17.1. The third kappa shape index (κ3) is 3.31. The standard InChI is InChI=1S/C18H22N8O2/c1-12-8-14(23-28-12)22-15(27)9-24-4-6-25(7-5-24)17-16-18(20-10-19-17)26(11-21-16)13-2-3-13/h8,10-11,13H,2-7,9H2,1H3,(H,22,23,27). The molecular formula is C18H22N8O2. The van der Waals surface area contributed by atoms with E-state index >= 15 is 0 Å². The van der Waals surface area contributed by atoms with Gasteiger partial charge in [-0.3, -0.25) is 9.69 Å². The lowest BCUT2D eigenvalue weighted by molar-refractivity contribution is -0.117. The Bertz CT molecular complexity index is 1000. The SMILES string of the molecule is Cc1cc(NC(=O)CN2CCN(c3ncnc4c3ncn4C3CC3)CC2)no1. The Labute approximate surface area is 161 Å². The molecule has 10 nitrogen and oxygen atoms in total. The molecule has 3 aromatic heterocycles. The topological polar surface area (TPSA) is 105 Å². The molecule has 1 saturated heterocycles. The van der Waals surface area contributed by atoms with Crippen LogP contribution in [-0.2, 0) is 4.79 Å². The number of aromatic nitrogens is 5. The van der Waals surface area contributed by atoms with Gasteiger partial charge in [0.15, 0.2) is 22.8 Å². The molecule has 2 fully saturated rings. The highest BCUT2D eigenvalue weighted by atomic mass is 16.5. The number of hydrogen-bond acceptors (Lipinski definition) is 8. The number of aryl methyl sites for hydroxylation is 1. The summed E-state index contributed by atoms with van der Waals surface area (Å²) < 4.78 is 7.13. The van der Waals surface area contributed by atoms with Crippen LogP contribution >= 0.6 is 0 Å². The maximum absolute atomic E-state index is 12.2. The normalized spacial score (nSPS) is 18.0. The van der Waals surface area contributed by atoms with Crippen molar-refractivity contribution in [2.75, 3.05) is 42.9 Å². The average molecular weight is 382 g/mol. The quantitative estimate of drug-likeness (QED) is 0.702. The van der Waals surface area contributed by atoms with E-state index in [9.17, 15) is 4.79 Å². The molecule has 1 N–H and O–H groups in total. The summed E-state index contributed by atoms with van der Waals surface area (Å²) in [4.78, 5) is 30.1. The molecule has 3 aromatic rings. The summed E-state index contributed by atoms with van der Waals surface area (Å²) in [7, 11) is 0. The van der Waals surface area contributed by atoms with Crippen LogP contribution in [0, 0.1) is 6.92 Å². The molecule has 0 radical (unpaired) electrons. The maximum atomic E-state index is 12.2. The lowest BCUT2D eigenvalue weighted by atomic mass is 10.3. The molecule has 0 unspecified atom stereocenters. The number of nitrogens with zero attached hydrogens (tertiary/aromatic N) is 7. The fourth-order valence-electron chi connectivity index (χ4n) is 3.62. The molecule has 5 rings (SSSR count). The van der Waals surface area contributed by atoms with Crippen LogP contribution in [-0.4, -0.2) is 68.2 Å². The first-order valence-electron chi connectivity index (χ1n) is 9.55. The Morgan fingerprint density at radius 3 is 2.75 bits per heavy atom. The van der Waals surface area contributed by atoms with Crippen molar-refractivity contribution in [2.45, 2.75) is 25.8 Å². The molecule has 1 amide bonds. The Balaban J connectivity index is 1.21. The summed E-state index contributed by atoms with van der Waals surface area (Å²) in [5.41, 5.74) is 1.78. The molecule has 0 aromatic carbocycles. The van der Waals surface area contributed by atoms with Crippen LogP contribution < -0.4 is 10.2 Å². The fraction of sp³-hybridized carbons (Fsp3) is 0.500. The van der Waals surface area contributed by atoms with E-state index in [0.29, 0.717) is 24.2 Å². The second-order valence-electron chi connectivity index (χ2n) is 7.39. The van der Waals surface area contributed by atoms with Gasteiger partial charge in [-0.25, -0.2) is 15.0 Å². The van der Waals surface area contributed by atoms with Gasteiger partial charge < -0.3 is 19.3 Å². The molecule has 0 bridgehead atoms. The summed E-state index contributed by atoms with van der Waals surface area (Å²) in [5, 5.41) is 6.56. The van der Waals surface area contributed by atoms with Gasteiger partial charge in [-0.05, 0) is 19.8 Å². The third-order valence-electron chi connectivity index (χ3n) is 5.21. The molecule has 1 aliphatic carbocycles. The predicted octanol–water partition coefficient (Wildman–Crippen LogP) is 1.22. The number of amides is 1. The van der Waals surface area contributed by atoms with Crippen molar-refractivity contribution in [2.24, 2.45) is 0 Å². The molecule has 4 heterocycles. The van der Waals surface area contributed by atoms with Gasteiger partial charge in [0.1, 0.15) is 12.1 Å². The zero-order chi connectivity index (χ0) is 19.1. The molecule has 0 spiro atoms. The molecule has 146 valence electrons. The van der Waals surface area contributed by atoms with Crippen LogP contribution in [0.4, 0.5) is 11.6 Å². The van der Waals surface area contributed by atoms with Crippen molar-refractivity contribution in [3.63, 3.8) is 0 Å². The fourth-order valence-corrected chi connectivity index (χ4v) is 3.62. The number of piperazine rings is 1. The lowest BCUT2D eigenvalue weighted by Crippen LogP contribution is -2.49. The number of rotatable bonds is 5. The highest BCUT2D eigenvalue weighted by molar-refractivity contribution is 5.91. The van der Waals surface area contributed by atoms with E-state index in [1.807, 2.05) is 6.33 Å². The number of carbonyl (C=O) groups excluding carboxylic acids is 1. The Hall–Kier alpha value is -3.01. The second-order valence-corrected chi connectivity index (χ2v) is 7.39. The summed E-state index contributed by atoms with van der Waals surface area (Å²) in [6.07, 6.45) is 5.89. The van der Waals surface area contributed by atoms with Crippen LogP contribution in [0.2, 0.25) is 0 Å². The second kappa shape index (κ2) is 6.86. The highest BCUT2D eigenvalue weighted by Gasteiger charge is 2.28. The monoisotopic (exact) mass is 382 g/mol. The van der Waals surface area contributed by atoms with Gasteiger partial charge in [0.05, 0.1) is 12.9 Å². The largest absolute Gasteiger partial charge is 0.360 e. The van der Waals surface area contributed by atoms with E-state index in [-0.39, 0.29) is 5.91 Å². The first-order valence-corrected chi connectivity index (χ1v) is 9.55. The van der Waals surface area contributed by atoms with Gasteiger partial charge in [-0.1, -0.05) is 5.16 Å². The zero-order valence-corrected chi connectivity index (χ0v) is 15.7. The van der Waals surface area contributed by atoms with Crippen molar-refractivity contribution < 1.29 is 9.32 Å². The number of nitrogens with one attached hydrogen (secondary N) is 1. The minimum absolute atomic E-state index is 0.0886. The van der Waals surface area contributed by atoms with E-state index in [1.54, 1.807) is 19.3 Å². The van der Waals surface area contributed by atoms with E-state index in [2.05, 4.69) is 39.8 Å². The van der Waals surface area contributed by atoms with Gasteiger partial charge in [-0.15, -0.1) is 0 Å². The minimum atomic E-state index is -0.0886. The molecule has 1 saturated carbocycles. The van der Waals surface area contributed by atoms with Crippen molar-refractivity contribution >= 4 is 28.7 Å². The van der Waals surface area contributed by atoms with Gasteiger partial charge in [-0.2, -0.15) is 0 Å². The van der Waals surface area contributed by atoms with Gasteiger partial charge in [0.25, 0.3) is 0 Å². The number of anilines is 2. The molecule has 2 aliphatic rings. The molecule has 1 aliphatic heterocycles. The Morgan fingerprint density at radius 2 is 2.04 bits per heavy atom. The van der Waals surface area contributed by atoms with Crippen LogP contribution in [0.1, 0.15) is 24.6 Å². The lowest BCUT2D eigenvalue weighted by Gasteiger charge is -2.34. The van der Waals surface area contributed by atoms with Crippen LogP contribution in [0.3, 0.4) is 0 Å². The predicted molar refractivity (Wildman–Crippen MR) is 102 cm³/mol. The number of fused-ring (bicyclic) bond motifs is 1. The molecule has 10 heteroatoms. The summed E-state index contributed by atoms with van der Waals surface area (Å²) >= 11 is 0. The van der Waals surface area contributed by atoms with Crippen molar-refractivity contribution in [1.29, 1.82) is 0 Å². The molecule has 28 heavy (non-hydrogen) atoms. The van der Waals surface area contributed by atoms with E-state index < -0.39 is 0 Å². The highest BCUT2D eigenvalue weighted by Crippen LogP contribution is 2.37. The summed E-state index contributed by atoms with van der Waals surface area (Å²) in [6, 6.07) is 2.24. The third-order valence-corrected chi connectivity index (χ3v) is 5.21. The maximum Gasteiger partial charge on any atom is 0.239 e. The van der Waals surface area contributed by atoms with Crippen LogP contribution in [0.25, 0.3) is 11.2 Å². The Morgan fingerprint density at radius 1 is 1.21 bits per heavy atom. The zero-order valence-electron chi connectivity index (χ0n) is 15.7. The van der Waals surface area contributed by atoms with E-state index in [0.717, 1.165) is 43.2 Å². The van der Waals surface area contributed by atoms with Crippen molar-refractivity contribution in [1.82, 2.24) is 29.6 Å².